The van der Waals surface area contributed by atoms with Crippen molar-refractivity contribution in [2.45, 2.75) is 25.1 Å². The van der Waals surface area contributed by atoms with Crippen molar-refractivity contribution in [3.63, 3.8) is 0 Å². The largest absolute Gasteiger partial charge is 0.462 e. The van der Waals surface area contributed by atoms with E-state index in [2.05, 4.69) is 10.2 Å². The third-order valence-corrected chi connectivity index (χ3v) is 4.27. The molecule has 0 aliphatic carbocycles. The molecule has 0 radical (unpaired) electrons. The Hall–Kier alpha value is -2.60. The Morgan fingerprint density at radius 1 is 1.04 bits per heavy atom. The highest BCUT2D eigenvalue weighted by Crippen LogP contribution is 2.27. The molecule has 0 saturated carbocycles. The first-order chi connectivity index (χ1) is 12.1. The molecule has 0 aliphatic heterocycles. The second-order valence-electron chi connectivity index (χ2n) is 5.67. The van der Waals surface area contributed by atoms with E-state index in [0.717, 1.165) is 17.1 Å². The lowest BCUT2D eigenvalue weighted by atomic mass is 10.2. The first-order valence-electron chi connectivity index (χ1n) is 8.03. The molecule has 0 spiro atoms. The maximum absolute atomic E-state index is 11.9. The topological polar surface area (TPSA) is 57.0 Å². The number of ether oxygens (including phenoxy) is 1. The van der Waals surface area contributed by atoms with Gasteiger partial charge in [-0.15, -0.1) is 10.2 Å². The van der Waals surface area contributed by atoms with Crippen molar-refractivity contribution < 1.29 is 9.53 Å². The van der Waals surface area contributed by atoms with Crippen molar-refractivity contribution in [1.29, 1.82) is 0 Å². The van der Waals surface area contributed by atoms with Gasteiger partial charge >= 0.3 is 5.97 Å². The number of rotatable bonds is 6. The summed E-state index contributed by atoms with van der Waals surface area (Å²) in [6.07, 6.45) is -0.125. The summed E-state index contributed by atoms with van der Waals surface area (Å²) in [6, 6.07) is 19.7. The summed E-state index contributed by atoms with van der Waals surface area (Å²) in [7, 11) is 0. The first-order valence-corrected chi connectivity index (χ1v) is 9.02. The normalized spacial score (nSPS) is 10.8. The molecule has 0 aliphatic rings. The van der Waals surface area contributed by atoms with Crippen LogP contribution in [-0.4, -0.2) is 32.6 Å². The fourth-order valence-electron chi connectivity index (χ4n) is 2.37. The molecule has 3 rings (SSSR count). The van der Waals surface area contributed by atoms with Crippen molar-refractivity contribution in [2.24, 2.45) is 0 Å². The molecular formula is C19H19N3O2S. The lowest BCUT2D eigenvalue weighted by Crippen LogP contribution is -2.13. The zero-order valence-electron chi connectivity index (χ0n) is 14.1. The van der Waals surface area contributed by atoms with Gasteiger partial charge in [0.05, 0.1) is 11.9 Å². The van der Waals surface area contributed by atoms with Crippen molar-refractivity contribution in [2.75, 3.05) is 5.75 Å². The fraction of sp³-hybridized carbons (Fsp3) is 0.211. The monoisotopic (exact) mass is 353 g/mol. The molecule has 2 aromatic carbocycles. The SMILES string of the molecule is CC(C)OC(=O)CSc1nnc(-c2ccccc2)n1-c1ccccc1. The molecule has 0 bridgehead atoms. The minimum atomic E-state index is -0.260. The van der Waals surface area contributed by atoms with Gasteiger partial charge in [-0.25, -0.2) is 0 Å². The molecule has 25 heavy (non-hydrogen) atoms. The summed E-state index contributed by atoms with van der Waals surface area (Å²) in [4.78, 5) is 11.9. The molecule has 0 amide bonds. The van der Waals surface area contributed by atoms with E-state index in [9.17, 15) is 4.79 Å². The Morgan fingerprint density at radius 3 is 2.32 bits per heavy atom. The summed E-state index contributed by atoms with van der Waals surface area (Å²) in [6.45, 7) is 3.67. The molecule has 1 aromatic heterocycles. The van der Waals surface area contributed by atoms with Gasteiger partial charge in [0.1, 0.15) is 0 Å². The maximum Gasteiger partial charge on any atom is 0.316 e. The Bertz CT molecular complexity index is 832. The van der Waals surface area contributed by atoms with Gasteiger partial charge in [-0.2, -0.15) is 0 Å². The van der Waals surface area contributed by atoms with E-state index in [-0.39, 0.29) is 17.8 Å². The number of hydrogen-bond donors (Lipinski definition) is 0. The summed E-state index contributed by atoms with van der Waals surface area (Å²) in [5.74, 6) is 0.674. The lowest BCUT2D eigenvalue weighted by molar-refractivity contribution is -0.144. The number of thioether (sulfide) groups is 1. The molecule has 0 unspecified atom stereocenters. The van der Waals surface area contributed by atoms with Crippen LogP contribution in [-0.2, 0) is 9.53 Å². The van der Waals surface area contributed by atoms with Gasteiger partial charge in [0.15, 0.2) is 11.0 Å². The third-order valence-electron chi connectivity index (χ3n) is 3.37. The van der Waals surface area contributed by atoms with Crippen LogP contribution in [0.2, 0.25) is 0 Å². The van der Waals surface area contributed by atoms with E-state index in [0.29, 0.717) is 5.16 Å². The van der Waals surface area contributed by atoms with Crippen molar-refractivity contribution in [3.8, 4) is 17.1 Å². The molecule has 0 atom stereocenters. The number of benzene rings is 2. The number of esters is 1. The molecule has 1 heterocycles. The Morgan fingerprint density at radius 2 is 1.68 bits per heavy atom. The van der Waals surface area contributed by atoms with Crippen LogP contribution in [0, 0.1) is 0 Å². The molecule has 0 fully saturated rings. The van der Waals surface area contributed by atoms with Crippen LogP contribution >= 0.6 is 11.8 Å². The quantitative estimate of drug-likeness (QED) is 0.496. The molecule has 0 saturated heterocycles. The standard InChI is InChI=1S/C19H19N3O2S/c1-14(2)24-17(23)13-25-19-21-20-18(15-9-5-3-6-10-15)22(19)16-11-7-4-8-12-16/h3-12,14H,13H2,1-2H3. The van der Waals surface area contributed by atoms with Gasteiger partial charge in [0.25, 0.3) is 0 Å². The first kappa shape index (κ1) is 17.2. The van der Waals surface area contributed by atoms with E-state index >= 15 is 0 Å². The van der Waals surface area contributed by atoms with Crippen LogP contribution in [0.15, 0.2) is 65.8 Å². The molecule has 128 valence electrons. The fourth-order valence-corrected chi connectivity index (χ4v) is 3.10. The second-order valence-corrected chi connectivity index (χ2v) is 6.61. The Kier molecular flexibility index (Phi) is 5.50. The van der Waals surface area contributed by atoms with Crippen molar-refractivity contribution >= 4 is 17.7 Å². The third kappa shape index (κ3) is 4.28. The van der Waals surface area contributed by atoms with Gasteiger partial charge in [0.2, 0.25) is 0 Å². The highest BCUT2D eigenvalue weighted by molar-refractivity contribution is 7.99. The molecule has 3 aromatic rings. The number of carbonyl (C=O) groups excluding carboxylic acids is 1. The van der Waals surface area contributed by atoms with E-state index in [4.69, 9.17) is 4.74 Å². The smallest absolute Gasteiger partial charge is 0.316 e. The molecule has 0 N–H and O–H groups in total. The van der Waals surface area contributed by atoms with Gasteiger partial charge in [0, 0.05) is 11.3 Å². The Labute approximate surface area is 151 Å². The van der Waals surface area contributed by atoms with Crippen LogP contribution in [0.1, 0.15) is 13.8 Å². The van der Waals surface area contributed by atoms with Gasteiger partial charge in [-0.1, -0.05) is 60.3 Å². The van der Waals surface area contributed by atoms with Crippen molar-refractivity contribution in [1.82, 2.24) is 14.8 Å². The minimum absolute atomic E-state index is 0.125. The Balaban J connectivity index is 1.94. The van der Waals surface area contributed by atoms with E-state index < -0.39 is 0 Å². The predicted molar refractivity (Wildman–Crippen MR) is 98.7 cm³/mol. The summed E-state index contributed by atoms with van der Waals surface area (Å²) in [5, 5.41) is 9.29. The number of hydrogen-bond acceptors (Lipinski definition) is 5. The van der Waals surface area contributed by atoms with Crippen LogP contribution < -0.4 is 0 Å². The molecular weight excluding hydrogens is 334 g/mol. The van der Waals surface area contributed by atoms with Crippen LogP contribution in [0.5, 0.6) is 0 Å². The highest BCUT2D eigenvalue weighted by atomic mass is 32.2. The number of aromatic nitrogens is 3. The van der Waals surface area contributed by atoms with Gasteiger partial charge in [-0.3, -0.25) is 9.36 Å². The minimum Gasteiger partial charge on any atom is -0.462 e. The van der Waals surface area contributed by atoms with Crippen LogP contribution in [0.25, 0.3) is 17.1 Å². The number of para-hydroxylation sites is 1. The second kappa shape index (κ2) is 7.98. The van der Waals surface area contributed by atoms with E-state index in [1.165, 1.54) is 11.8 Å². The predicted octanol–water partition coefficient (Wildman–Crippen LogP) is 3.98. The average Bonchev–Trinajstić information content (AvgIpc) is 3.05. The molecule has 5 nitrogen and oxygen atoms in total. The van der Waals surface area contributed by atoms with Crippen LogP contribution in [0.3, 0.4) is 0 Å². The average molecular weight is 353 g/mol. The van der Waals surface area contributed by atoms with Gasteiger partial charge < -0.3 is 4.74 Å². The number of carbonyl (C=O) groups is 1. The molecule has 6 heteroatoms. The number of nitrogens with zero attached hydrogens (tertiary/aromatic N) is 3. The zero-order chi connectivity index (χ0) is 17.6. The van der Waals surface area contributed by atoms with Gasteiger partial charge in [-0.05, 0) is 26.0 Å². The van der Waals surface area contributed by atoms with Crippen LogP contribution in [0.4, 0.5) is 0 Å². The zero-order valence-corrected chi connectivity index (χ0v) is 14.9. The lowest BCUT2D eigenvalue weighted by Gasteiger charge is -2.11. The highest BCUT2D eigenvalue weighted by Gasteiger charge is 2.17. The summed E-state index contributed by atoms with van der Waals surface area (Å²) in [5.41, 5.74) is 1.92. The van der Waals surface area contributed by atoms with Crippen molar-refractivity contribution in [3.05, 3.63) is 60.7 Å². The summed E-state index contributed by atoms with van der Waals surface area (Å²) < 4.78 is 7.15. The van der Waals surface area contributed by atoms with E-state index in [1.807, 2.05) is 79.1 Å². The maximum atomic E-state index is 11.9. The van der Waals surface area contributed by atoms with E-state index in [1.54, 1.807) is 0 Å². The summed E-state index contributed by atoms with van der Waals surface area (Å²) >= 11 is 1.32.